The van der Waals surface area contributed by atoms with E-state index in [1.54, 1.807) is 36.0 Å². The Morgan fingerprint density at radius 3 is 2.72 bits per heavy atom. The lowest BCUT2D eigenvalue weighted by atomic mass is 10.2. The summed E-state index contributed by atoms with van der Waals surface area (Å²) in [4.78, 5) is 3.82. The van der Waals surface area contributed by atoms with Crippen LogP contribution < -0.4 is 9.04 Å². The van der Waals surface area contributed by atoms with Crippen LogP contribution in [-0.4, -0.2) is 51.4 Å². The molecular formula is C22H28N2O3S2. The monoisotopic (exact) mass is 432 g/mol. The summed E-state index contributed by atoms with van der Waals surface area (Å²) in [6, 6.07) is 15.1. The van der Waals surface area contributed by atoms with Gasteiger partial charge in [-0.3, -0.25) is 4.31 Å². The van der Waals surface area contributed by atoms with Gasteiger partial charge < -0.3 is 9.64 Å². The van der Waals surface area contributed by atoms with E-state index < -0.39 is 10.0 Å². The van der Waals surface area contributed by atoms with E-state index in [0.29, 0.717) is 24.1 Å². The first-order chi connectivity index (χ1) is 14.1. The fourth-order valence-electron chi connectivity index (χ4n) is 4.01. The summed E-state index contributed by atoms with van der Waals surface area (Å²) in [6.45, 7) is 5.63. The van der Waals surface area contributed by atoms with E-state index in [9.17, 15) is 8.42 Å². The van der Waals surface area contributed by atoms with E-state index in [-0.39, 0.29) is 0 Å². The molecule has 1 atom stereocenters. The van der Waals surface area contributed by atoms with Gasteiger partial charge in [0.05, 0.1) is 17.2 Å². The zero-order valence-corrected chi connectivity index (χ0v) is 18.4. The van der Waals surface area contributed by atoms with Gasteiger partial charge in [0, 0.05) is 35.8 Å². The largest absolute Gasteiger partial charge is 0.493 e. The Bertz CT molecular complexity index is 934. The summed E-state index contributed by atoms with van der Waals surface area (Å²) < 4.78 is 33.8. The first kappa shape index (κ1) is 20.6. The normalized spacial score (nSPS) is 19.9. The number of sulfonamides is 1. The van der Waals surface area contributed by atoms with Crippen LogP contribution in [0.3, 0.4) is 0 Å². The molecule has 4 rings (SSSR count). The highest BCUT2D eigenvalue weighted by molar-refractivity contribution is 8.00. The molecule has 1 saturated heterocycles. The molecule has 2 aromatic carbocycles. The maximum absolute atomic E-state index is 13.2. The summed E-state index contributed by atoms with van der Waals surface area (Å²) >= 11 is 1.69. The fraction of sp³-hybridized carbons (Fsp3) is 0.455. The molecule has 29 heavy (non-hydrogen) atoms. The molecule has 7 heteroatoms. The van der Waals surface area contributed by atoms with Gasteiger partial charge in [0.25, 0.3) is 10.0 Å². The number of ether oxygens (including phenoxy) is 1. The quantitative estimate of drug-likeness (QED) is 0.613. The van der Waals surface area contributed by atoms with Crippen molar-refractivity contribution >= 4 is 27.5 Å². The highest BCUT2D eigenvalue weighted by atomic mass is 32.2. The van der Waals surface area contributed by atoms with Crippen molar-refractivity contribution < 1.29 is 13.2 Å². The summed E-state index contributed by atoms with van der Waals surface area (Å²) in [5.41, 5.74) is 0.718. The first-order valence-corrected chi connectivity index (χ1v) is 12.7. The summed E-state index contributed by atoms with van der Waals surface area (Å²) in [5.74, 6) is 1.47. The van der Waals surface area contributed by atoms with Crippen LogP contribution >= 0.6 is 11.8 Å². The van der Waals surface area contributed by atoms with Crippen LogP contribution in [0.15, 0.2) is 58.3 Å². The predicted octanol–water partition coefficient (Wildman–Crippen LogP) is 4.24. The fourth-order valence-corrected chi connectivity index (χ4v) is 6.66. The lowest BCUT2D eigenvalue weighted by molar-refractivity contribution is 0.230. The van der Waals surface area contributed by atoms with E-state index in [4.69, 9.17) is 4.74 Å². The molecule has 156 valence electrons. The van der Waals surface area contributed by atoms with Gasteiger partial charge in [0.15, 0.2) is 0 Å². The Morgan fingerprint density at radius 2 is 1.97 bits per heavy atom. The lowest BCUT2D eigenvalue weighted by Gasteiger charge is -2.30. The van der Waals surface area contributed by atoms with Crippen molar-refractivity contribution in [2.24, 2.45) is 0 Å². The third kappa shape index (κ3) is 4.57. The van der Waals surface area contributed by atoms with Crippen molar-refractivity contribution in [3.05, 3.63) is 48.5 Å². The maximum atomic E-state index is 13.2. The number of thioether (sulfide) groups is 1. The number of hydrogen-bond acceptors (Lipinski definition) is 5. The van der Waals surface area contributed by atoms with Crippen LogP contribution in [0, 0.1) is 0 Å². The highest BCUT2D eigenvalue weighted by Crippen LogP contribution is 2.40. The Labute approximate surface area is 178 Å². The number of likely N-dealkylation sites (tertiary alicyclic amines) is 1. The van der Waals surface area contributed by atoms with Gasteiger partial charge in [-0.15, -0.1) is 11.8 Å². The molecular weight excluding hydrogens is 404 g/mol. The third-order valence-electron chi connectivity index (χ3n) is 5.63. The van der Waals surface area contributed by atoms with Gasteiger partial charge in [-0.05, 0) is 57.0 Å². The third-order valence-corrected chi connectivity index (χ3v) is 8.50. The second-order valence-electron chi connectivity index (χ2n) is 7.60. The molecule has 0 bridgehead atoms. The number of rotatable bonds is 7. The Hall–Kier alpha value is -1.70. The molecule has 0 aromatic heterocycles. The molecule has 2 aliphatic rings. The minimum atomic E-state index is -3.58. The number of fused-ring (bicyclic) bond motifs is 1. The van der Waals surface area contributed by atoms with Gasteiger partial charge in [-0.25, -0.2) is 8.42 Å². The molecule has 0 N–H and O–H groups in total. The Morgan fingerprint density at radius 1 is 1.14 bits per heavy atom. The van der Waals surface area contributed by atoms with Crippen molar-refractivity contribution in [2.75, 3.05) is 36.3 Å². The van der Waals surface area contributed by atoms with Gasteiger partial charge in [-0.1, -0.05) is 18.2 Å². The molecule has 2 heterocycles. The van der Waals surface area contributed by atoms with Crippen molar-refractivity contribution in [1.29, 1.82) is 0 Å². The summed E-state index contributed by atoms with van der Waals surface area (Å²) in [7, 11) is -3.58. The van der Waals surface area contributed by atoms with Crippen molar-refractivity contribution in [3.8, 4) is 5.75 Å². The minimum Gasteiger partial charge on any atom is -0.493 e. The van der Waals surface area contributed by atoms with Gasteiger partial charge in [-0.2, -0.15) is 0 Å². The first-order valence-electron chi connectivity index (χ1n) is 10.3. The molecule has 0 saturated carbocycles. The molecule has 2 aliphatic heterocycles. The number of nitrogens with zero attached hydrogens (tertiary/aromatic N) is 2. The molecule has 5 nitrogen and oxygen atoms in total. The Kier molecular flexibility index (Phi) is 6.37. The van der Waals surface area contributed by atoms with E-state index in [1.807, 2.05) is 24.3 Å². The minimum absolute atomic E-state index is 0.323. The zero-order chi connectivity index (χ0) is 20.3. The summed E-state index contributed by atoms with van der Waals surface area (Å²) in [6.07, 6.45) is 3.55. The van der Waals surface area contributed by atoms with E-state index in [1.165, 1.54) is 23.7 Å². The van der Waals surface area contributed by atoms with Crippen molar-refractivity contribution in [1.82, 2.24) is 4.90 Å². The van der Waals surface area contributed by atoms with Crippen molar-refractivity contribution in [3.63, 3.8) is 0 Å². The van der Waals surface area contributed by atoms with E-state index in [2.05, 4.69) is 11.8 Å². The molecule has 0 unspecified atom stereocenters. The van der Waals surface area contributed by atoms with E-state index >= 15 is 0 Å². The number of hydrogen-bond donors (Lipinski definition) is 0. The lowest BCUT2D eigenvalue weighted by Crippen LogP contribution is -2.35. The second kappa shape index (κ2) is 8.98. The van der Waals surface area contributed by atoms with Gasteiger partial charge in [0.2, 0.25) is 0 Å². The average molecular weight is 433 g/mol. The zero-order valence-electron chi connectivity index (χ0n) is 16.8. The Balaban J connectivity index is 1.46. The maximum Gasteiger partial charge on any atom is 0.264 e. The smallest absolute Gasteiger partial charge is 0.264 e. The number of anilines is 1. The van der Waals surface area contributed by atoms with E-state index in [0.717, 1.165) is 35.1 Å². The van der Waals surface area contributed by atoms with Crippen LogP contribution in [0.4, 0.5) is 5.69 Å². The predicted molar refractivity (Wildman–Crippen MR) is 119 cm³/mol. The van der Waals surface area contributed by atoms with Crippen molar-refractivity contribution in [2.45, 2.75) is 42.0 Å². The molecule has 1 fully saturated rings. The number of benzene rings is 2. The average Bonchev–Trinajstić information content (AvgIpc) is 3.16. The van der Waals surface area contributed by atoms with Gasteiger partial charge >= 0.3 is 0 Å². The molecule has 0 radical (unpaired) electrons. The molecule has 0 aliphatic carbocycles. The highest BCUT2D eigenvalue weighted by Gasteiger charge is 2.29. The van der Waals surface area contributed by atoms with Gasteiger partial charge in [0.1, 0.15) is 5.75 Å². The molecule has 0 spiro atoms. The second-order valence-corrected chi connectivity index (χ2v) is 10.6. The van der Waals surface area contributed by atoms with Crippen LogP contribution in [0.25, 0.3) is 0 Å². The topological polar surface area (TPSA) is 49.9 Å². The SMILES string of the molecule is C[C@H]1CCCN1CCCOc1ccc2c(c1)N(S(=O)(=O)c1ccccc1)CCS2. The van der Waals surface area contributed by atoms with Crippen LogP contribution in [-0.2, 0) is 10.0 Å². The van der Waals surface area contributed by atoms with Crippen LogP contribution in [0.5, 0.6) is 5.75 Å². The molecule has 2 aromatic rings. The summed E-state index contributed by atoms with van der Waals surface area (Å²) in [5, 5.41) is 0. The van der Waals surface area contributed by atoms with Crippen LogP contribution in [0.2, 0.25) is 0 Å². The van der Waals surface area contributed by atoms with Crippen LogP contribution in [0.1, 0.15) is 26.2 Å². The molecule has 0 amide bonds. The standard InChI is InChI=1S/C22H28N2O3S2/c1-18-7-5-12-23(18)13-6-15-27-19-10-11-22-21(17-19)24(14-16-28-22)29(25,26)20-8-3-2-4-9-20/h2-4,8-11,17-18H,5-7,12-16H2,1H3/t18-/m0/s1.